The smallest absolute Gasteiger partial charge is 0.303 e. The van der Waals surface area contributed by atoms with Gasteiger partial charge in [0, 0.05) is 25.1 Å². The van der Waals surface area contributed by atoms with Crippen LogP contribution in [0.2, 0.25) is 0 Å². The first-order valence-electron chi connectivity index (χ1n) is 6.22. The maximum Gasteiger partial charge on any atom is 0.303 e. The Morgan fingerprint density at radius 1 is 1.17 bits per heavy atom. The van der Waals surface area contributed by atoms with Gasteiger partial charge in [-0.2, -0.15) is 0 Å². The average Bonchev–Trinajstić information content (AvgIpc) is 2.35. The highest BCUT2D eigenvalue weighted by Gasteiger charge is 2.14. The Kier molecular flexibility index (Phi) is 5.91. The van der Waals surface area contributed by atoms with Crippen molar-refractivity contribution < 1.29 is 14.7 Å². The Balaban J connectivity index is 2.69. The number of para-hydroxylation sites is 1. The van der Waals surface area contributed by atoms with Crippen molar-refractivity contribution in [3.63, 3.8) is 0 Å². The standard InChI is InChI=1S/C14H19NO3/c1-2-7-13(16)15(11-6-10-14(17)18)12-8-4-3-5-9-12/h3-5,8-9H,2,6-7,10-11H2,1H3,(H,17,18). The van der Waals surface area contributed by atoms with Crippen LogP contribution in [0.4, 0.5) is 5.69 Å². The SMILES string of the molecule is CCCC(=O)N(CCCC(=O)O)c1ccccc1. The molecule has 0 aliphatic rings. The molecule has 1 aromatic rings. The van der Waals surface area contributed by atoms with E-state index in [1.807, 2.05) is 37.3 Å². The lowest BCUT2D eigenvalue weighted by atomic mass is 10.2. The predicted octanol–water partition coefficient (Wildman–Crippen LogP) is 2.68. The van der Waals surface area contributed by atoms with Crippen molar-refractivity contribution in [1.29, 1.82) is 0 Å². The van der Waals surface area contributed by atoms with Crippen molar-refractivity contribution >= 4 is 17.6 Å². The minimum atomic E-state index is -0.828. The molecule has 4 heteroatoms. The van der Waals surface area contributed by atoms with Gasteiger partial charge in [-0.3, -0.25) is 9.59 Å². The van der Waals surface area contributed by atoms with E-state index >= 15 is 0 Å². The summed E-state index contributed by atoms with van der Waals surface area (Å²) >= 11 is 0. The third kappa shape index (κ3) is 4.57. The van der Waals surface area contributed by atoms with Crippen LogP contribution in [-0.4, -0.2) is 23.5 Å². The number of aliphatic carboxylic acids is 1. The molecule has 1 amide bonds. The van der Waals surface area contributed by atoms with Crippen LogP contribution in [0.3, 0.4) is 0 Å². The summed E-state index contributed by atoms with van der Waals surface area (Å²) in [4.78, 5) is 24.2. The quantitative estimate of drug-likeness (QED) is 0.808. The molecule has 0 aliphatic carbocycles. The van der Waals surface area contributed by atoms with Gasteiger partial charge in [-0.15, -0.1) is 0 Å². The largest absolute Gasteiger partial charge is 0.481 e. The van der Waals surface area contributed by atoms with Gasteiger partial charge in [0.25, 0.3) is 0 Å². The normalized spacial score (nSPS) is 10.1. The second-order valence-corrected chi connectivity index (χ2v) is 4.13. The molecule has 0 aliphatic heterocycles. The molecule has 1 aromatic carbocycles. The average molecular weight is 249 g/mol. The highest BCUT2D eigenvalue weighted by Crippen LogP contribution is 2.16. The van der Waals surface area contributed by atoms with E-state index in [-0.39, 0.29) is 12.3 Å². The molecule has 0 fully saturated rings. The summed E-state index contributed by atoms with van der Waals surface area (Å²) < 4.78 is 0. The van der Waals surface area contributed by atoms with Crippen LogP contribution in [0, 0.1) is 0 Å². The molecule has 18 heavy (non-hydrogen) atoms. The van der Waals surface area contributed by atoms with Gasteiger partial charge in [0.15, 0.2) is 0 Å². The lowest BCUT2D eigenvalue weighted by Crippen LogP contribution is -2.31. The van der Waals surface area contributed by atoms with E-state index < -0.39 is 5.97 Å². The van der Waals surface area contributed by atoms with E-state index in [4.69, 9.17) is 5.11 Å². The number of anilines is 1. The Morgan fingerprint density at radius 2 is 1.83 bits per heavy atom. The third-order valence-corrected chi connectivity index (χ3v) is 2.61. The first-order valence-corrected chi connectivity index (χ1v) is 6.22. The van der Waals surface area contributed by atoms with Crippen molar-refractivity contribution in [1.82, 2.24) is 0 Å². The Labute approximate surface area is 107 Å². The lowest BCUT2D eigenvalue weighted by molar-refractivity contribution is -0.137. The second-order valence-electron chi connectivity index (χ2n) is 4.13. The Morgan fingerprint density at radius 3 is 2.39 bits per heavy atom. The molecule has 0 saturated carbocycles. The Hall–Kier alpha value is -1.84. The van der Waals surface area contributed by atoms with Crippen molar-refractivity contribution in [2.45, 2.75) is 32.6 Å². The minimum absolute atomic E-state index is 0.0501. The number of rotatable bonds is 7. The van der Waals surface area contributed by atoms with Crippen LogP contribution >= 0.6 is 0 Å². The first-order chi connectivity index (χ1) is 8.65. The van der Waals surface area contributed by atoms with E-state index in [0.29, 0.717) is 19.4 Å². The fraction of sp³-hybridized carbons (Fsp3) is 0.429. The van der Waals surface area contributed by atoms with E-state index in [2.05, 4.69) is 0 Å². The second kappa shape index (κ2) is 7.48. The van der Waals surface area contributed by atoms with Crippen LogP contribution in [0.1, 0.15) is 32.6 Å². The molecule has 1 rings (SSSR count). The summed E-state index contributed by atoms with van der Waals surface area (Å²) in [7, 11) is 0. The number of carbonyl (C=O) groups is 2. The molecule has 0 atom stereocenters. The molecule has 0 spiro atoms. The number of nitrogens with zero attached hydrogens (tertiary/aromatic N) is 1. The summed E-state index contributed by atoms with van der Waals surface area (Å²) in [6, 6.07) is 9.38. The maximum atomic E-state index is 12.0. The number of hydrogen-bond acceptors (Lipinski definition) is 2. The van der Waals surface area contributed by atoms with Crippen LogP contribution in [-0.2, 0) is 9.59 Å². The number of carbonyl (C=O) groups excluding carboxylic acids is 1. The maximum absolute atomic E-state index is 12.0. The van der Waals surface area contributed by atoms with Gasteiger partial charge in [-0.25, -0.2) is 0 Å². The highest BCUT2D eigenvalue weighted by atomic mass is 16.4. The predicted molar refractivity (Wildman–Crippen MR) is 70.6 cm³/mol. The first kappa shape index (κ1) is 14.2. The molecule has 0 bridgehead atoms. The van der Waals surface area contributed by atoms with Gasteiger partial charge in [0.05, 0.1) is 0 Å². The third-order valence-electron chi connectivity index (χ3n) is 2.61. The van der Waals surface area contributed by atoms with Gasteiger partial charge >= 0.3 is 5.97 Å². The molecular formula is C14H19NO3. The van der Waals surface area contributed by atoms with Crippen LogP contribution in [0.25, 0.3) is 0 Å². The summed E-state index contributed by atoms with van der Waals surface area (Å²) in [5, 5.41) is 8.64. The van der Waals surface area contributed by atoms with Crippen molar-refractivity contribution in [2.24, 2.45) is 0 Å². The van der Waals surface area contributed by atoms with Crippen LogP contribution in [0.5, 0.6) is 0 Å². The summed E-state index contributed by atoms with van der Waals surface area (Å²) in [5.74, 6) is -0.778. The van der Waals surface area contributed by atoms with E-state index in [9.17, 15) is 9.59 Å². The zero-order valence-corrected chi connectivity index (χ0v) is 10.6. The number of benzene rings is 1. The zero-order valence-electron chi connectivity index (χ0n) is 10.6. The molecule has 0 aromatic heterocycles. The number of carboxylic acids is 1. The van der Waals surface area contributed by atoms with Crippen molar-refractivity contribution in [3.05, 3.63) is 30.3 Å². The number of amides is 1. The zero-order chi connectivity index (χ0) is 13.4. The summed E-state index contributed by atoms with van der Waals surface area (Å²) in [5.41, 5.74) is 0.835. The van der Waals surface area contributed by atoms with E-state index in [0.717, 1.165) is 12.1 Å². The van der Waals surface area contributed by atoms with Gasteiger partial charge in [-0.05, 0) is 25.0 Å². The number of carboxylic acid groups (broad SMARTS) is 1. The molecule has 98 valence electrons. The molecule has 0 unspecified atom stereocenters. The van der Waals surface area contributed by atoms with Gasteiger partial charge in [0.1, 0.15) is 0 Å². The van der Waals surface area contributed by atoms with Crippen molar-refractivity contribution in [3.8, 4) is 0 Å². The fourth-order valence-electron chi connectivity index (χ4n) is 1.74. The van der Waals surface area contributed by atoms with Crippen molar-refractivity contribution in [2.75, 3.05) is 11.4 Å². The molecule has 0 saturated heterocycles. The van der Waals surface area contributed by atoms with Gasteiger partial charge in [0.2, 0.25) is 5.91 Å². The summed E-state index contributed by atoms with van der Waals surface area (Å²) in [6.07, 6.45) is 1.84. The molecule has 1 N–H and O–H groups in total. The molecule has 4 nitrogen and oxygen atoms in total. The van der Waals surface area contributed by atoms with E-state index in [1.54, 1.807) is 4.90 Å². The number of hydrogen-bond donors (Lipinski definition) is 1. The molecule has 0 radical (unpaired) electrons. The lowest BCUT2D eigenvalue weighted by Gasteiger charge is -2.22. The highest BCUT2D eigenvalue weighted by molar-refractivity contribution is 5.93. The van der Waals surface area contributed by atoms with Gasteiger partial charge < -0.3 is 10.0 Å². The topological polar surface area (TPSA) is 57.6 Å². The summed E-state index contributed by atoms with van der Waals surface area (Å²) in [6.45, 7) is 2.41. The van der Waals surface area contributed by atoms with Crippen LogP contribution in [0.15, 0.2) is 30.3 Å². The van der Waals surface area contributed by atoms with Gasteiger partial charge in [-0.1, -0.05) is 25.1 Å². The molecule has 0 heterocycles. The minimum Gasteiger partial charge on any atom is -0.481 e. The van der Waals surface area contributed by atoms with E-state index in [1.165, 1.54) is 0 Å². The fourth-order valence-corrected chi connectivity index (χ4v) is 1.74. The Bertz CT molecular complexity index is 389. The molecular weight excluding hydrogens is 230 g/mol. The van der Waals surface area contributed by atoms with Crippen LogP contribution < -0.4 is 4.90 Å². The monoisotopic (exact) mass is 249 g/mol.